The SMILES string of the molecule is C=CC(C)NC(=O)NCCC(CCC)CCC(=O)O. The van der Waals surface area contributed by atoms with Crippen LogP contribution in [0.1, 0.15) is 46.0 Å². The molecule has 0 aliphatic carbocycles. The van der Waals surface area contributed by atoms with E-state index < -0.39 is 5.97 Å². The van der Waals surface area contributed by atoms with Gasteiger partial charge in [0.2, 0.25) is 0 Å². The molecule has 2 amide bonds. The van der Waals surface area contributed by atoms with Gasteiger partial charge < -0.3 is 15.7 Å². The molecule has 5 nitrogen and oxygen atoms in total. The number of carboxylic acid groups (broad SMARTS) is 1. The largest absolute Gasteiger partial charge is 0.481 e. The Morgan fingerprint density at radius 3 is 2.53 bits per heavy atom. The van der Waals surface area contributed by atoms with Crippen LogP contribution in [-0.2, 0) is 4.79 Å². The number of hydrogen-bond acceptors (Lipinski definition) is 2. The second kappa shape index (κ2) is 10.4. The Balaban J connectivity index is 3.87. The molecule has 2 atom stereocenters. The third-order valence-corrected chi connectivity index (χ3v) is 3.01. The molecule has 0 bridgehead atoms. The van der Waals surface area contributed by atoms with Crippen LogP contribution in [0.4, 0.5) is 4.79 Å². The molecule has 0 saturated heterocycles. The van der Waals surface area contributed by atoms with Gasteiger partial charge in [-0.15, -0.1) is 6.58 Å². The molecule has 3 N–H and O–H groups in total. The van der Waals surface area contributed by atoms with Gasteiger partial charge in [-0.2, -0.15) is 0 Å². The molecule has 0 fully saturated rings. The van der Waals surface area contributed by atoms with Gasteiger partial charge in [0.25, 0.3) is 0 Å². The van der Waals surface area contributed by atoms with E-state index in [1.165, 1.54) is 0 Å². The smallest absolute Gasteiger partial charge is 0.315 e. The highest BCUT2D eigenvalue weighted by Crippen LogP contribution is 2.17. The van der Waals surface area contributed by atoms with E-state index in [1.54, 1.807) is 6.08 Å². The van der Waals surface area contributed by atoms with Crippen LogP contribution in [0.15, 0.2) is 12.7 Å². The Hall–Kier alpha value is -1.52. The highest BCUT2D eigenvalue weighted by Gasteiger charge is 2.11. The van der Waals surface area contributed by atoms with Crippen LogP contribution in [0.5, 0.6) is 0 Å². The van der Waals surface area contributed by atoms with E-state index in [0.29, 0.717) is 18.9 Å². The summed E-state index contributed by atoms with van der Waals surface area (Å²) in [5, 5.41) is 14.2. The molecule has 0 heterocycles. The van der Waals surface area contributed by atoms with Crippen LogP contribution in [0.3, 0.4) is 0 Å². The average molecular weight is 270 g/mol. The third-order valence-electron chi connectivity index (χ3n) is 3.01. The topological polar surface area (TPSA) is 78.4 Å². The Morgan fingerprint density at radius 2 is 2.00 bits per heavy atom. The van der Waals surface area contributed by atoms with Crippen LogP contribution in [0, 0.1) is 5.92 Å². The van der Waals surface area contributed by atoms with Gasteiger partial charge >= 0.3 is 12.0 Å². The van der Waals surface area contributed by atoms with Crippen molar-refractivity contribution in [2.24, 2.45) is 5.92 Å². The number of amides is 2. The minimum atomic E-state index is -0.758. The lowest BCUT2D eigenvalue weighted by Crippen LogP contribution is -2.40. The molecular formula is C14H26N2O3. The molecule has 0 aromatic rings. The number of aliphatic carboxylic acids is 1. The molecule has 0 aromatic heterocycles. The zero-order valence-corrected chi connectivity index (χ0v) is 11.9. The summed E-state index contributed by atoms with van der Waals surface area (Å²) >= 11 is 0. The Labute approximate surface area is 115 Å². The normalized spacial score (nSPS) is 13.4. The standard InChI is InChI=1S/C14H26N2O3/c1-4-6-12(7-8-13(17)18)9-10-15-14(19)16-11(3)5-2/h5,11-12H,2,4,6-10H2,1,3H3,(H,17,18)(H2,15,16,19). The van der Waals surface area contributed by atoms with Crippen LogP contribution < -0.4 is 10.6 Å². The van der Waals surface area contributed by atoms with Crippen molar-refractivity contribution in [2.45, 2.75) is 52.0 Å². The van der Waals surface area contributed by atoms with Gasteiger partial charge in [0.05, 0.1) is 0 Å². The van der Waals surface area contributed by atoms with Gasteiger partial charge in [0.1, 0.15) is 0 Å². The molecule has 0 saturated carbocycles. The number of carbonyl (C=O) groups excluding carboxylic acids is 1. The zero-order chi connectivity index (χ0) is 14.7. The molecule has 0 aliphatic heterocycles. The third kappa shape index (κ3) is 10.1. The summed E-state index contributed by atoms with van der Waals surface area (Å²) in [6.45, 7) is 8.09. The molecule has 110 valence electrons. The molecular weight excluding hydrogens is 244 g/mol. The average Bonchev–Trinajstić information content (AvgIpc) is 2.35. The first-order valence-electron chi connectivity index (χ1n) is 6.88. The van der Waals surface area contributed by atoms with E-state index in [1.807, 2.05) is 6.92 Å². The monoisotopic (exact) mass is 270 g/mol. The van der Waals surface area contributed by atoms with E-state index in [2.05, 4.69) is 24.1 Å². The second-order valence-corrected chi connectivity index (χ2v) is 4.80. The summed E-state index contributed by atoms with van der Waals surface area (Å²) in [6, 6.07) is -0.265. The highest BCUT2D eigenvalue weighted by atomic mass is 16.4. The number of hydrogen-bond donors (Lipinski definition) is 3. The number of nitrogens with one attached hydrogen (secondary N) is 2. The van der Waals surface area contributed by atoms with Crippen molar-refractivity contribution >= 4 is 12.0 Å². The van der Waals surface area contributed by atoms with Crippen molar-refractivity contribution in [3.8, 4) is 0 Å². The van der Waals surface area contributed by atoms with Gasteiger partial charge in [-0.1, -0.05) is 25.8 Å². The van der Waals surface area contributed by atoms with E-state index in [-0.39, 0.29) is 18.5 Å². The first kappa shape index (κ1) is 17.5. The van der Waals surface area contributed by atoms with Gasteiger partial charge in [-0.05, 0) is 25.7 Å². The van der Waals surface area contributed by atoms with Gasteiger partial charge in [0, 0.05) is 19.0 Å². The maximum Gasteiger partial charge on any atom is 0.315 e. The minimum Gasteiger partial charge on any atom is -0.481 e. The molecule has 19 heavy (non-hydrogen) atoms. The Bertz CT molecular complexity index is 292. The summed E-state index contributed by atoms with van der Waals surface area (Å²) in [5.41, 5.74) is 0. The fraction of sp³-hybridized carbons (Fsp3) is 0.714. The lowest BCUT2D eigenvalue weighted by Gasteiger charge is -2.16. The van der Waals surface area contributed by atoms with E-state index in [4.69, 9.17) is 5.11 Å². The highest BCUT2D eigenvalue weighted by molar-refractivity contribution is 5.74. The Morgan fingerprint density at radius 1 is 1.32 bits per heavy atom. The summed E-state index contributed by atoms with van der Waals surface area (Å²) in [6.07, 6.45) is 5.38. The number of carboxylic acids is 1. The molecule has 0 spiro atoms. The fourth-order valence-electron chi connectivity index (χ4n) is 1.88. The van der Waals surface area contributed by atoms with Crippen LogP contribution in [-0.4, -0.2) is 29.7 Å². The molecule has 0 aromatic carbocycles. The van der Waals surface area contributed by atoms with Crippen LogP contribution >= 0.6 is 0 Å². The van der Waals surface area contributed by atoms with Crippen molar-refractivity contribution in [2.75, 3.05) is 6.54 Å². The molecule has 0 rings (SSSR count). The lowest BCUT2D eigenvalue weighted by molar-refractivity contribution is -0.137. The van der Waals surface area contributed by atoms with E-state index in [0.717, 1.165) is 19.3 Å². The first-order chi connectivity index (χ1) is 8.99. The van der Waals surface area contributed by atoms with E-state index in [9.17, 15) is 9.59 Å². The van der Waals surface area contributed by atoms with Crippen LogP contribution in [0.2, 0.25) is 0 Å². The first-order valence-corrected chi connectivity index (χ1v) is 6.88. The summed E-state index contributed by atoms with van der Waals surface area (Å²) in [5.74, 6) is -0.398. The summed E-state index contributed by atoms with van der Waals surface area (Å²) < 4.78 is 0. The molecule has 0 radical (unpaired) electrons. The molecule has 2 unspecified atom stereocenters. The second-order valence-electron chi connectivity index (χ2n) is 4.80. The zero-order valence-electron chi connectivity index (χ0n) is 11.9. The van der Waals surface area contributed by atoms with Crippen molar-refractivity contribution in [1.82, 2.24) is 10.6 Å². The molecule has 5 heteroatoms. The van der Waals surface area contributed by atoms with Crippen molar-refractivity contribution in [3.63, 3.8) is 0 Å². The predicted molar refractivity (Wildman–Crippen MR) is 76.1 cm³/mol. The fourth-order valence-corrected chi connectivity index (χ4v) is 1.88. The number of urea groups is 1. The predicted octanol–water partition coefficient (Wildman–Crippen LogP) is 2.53. The van der Waals surface area contributed by atoms with Gasteiger partial charge in [-0.25, -0.2) is 4.79 Å². The number of rotatable bonds is 10. The number of carbonyl (C=O) groups is 2. The Kier molecular flexibility index (Phi) is 9.57. The van der Waals surface area contributed by atoms with Gasteiger partial charge in [-0.3, -0.25) is 4.79 Å². The minimum absolute atomic E-state index is 0.0570. The van der Waals surface area contributed by atoms with Gasteiger partial charge in [0.15, 0.2) is 0 Å². The van der Waals surface area contributed by atoms with E-state index >= 15 is 0 Å². The summed E-state index contributed by atoms with van der Waals surface area (Å²) in [7, 11) is 0. The van der Waals surface area contributed by atoms with Crippen molar-refractivity contribution < 1.29 is 14.7 Å². The maximum atomic E-state index is 11.5. The van der Waals surface area contributed by atoms with Crippen LogP contribution in [0.25, 0.3) is 0 Å². The van der Waals surface area contributed by atoms with Crippen molar-refractivity contribution in [1.29, 1.82) is 0 Å². The summed E-state index contributed by atoms with van der Waals surface area (Å²) in [4.78, 5) is 22.0. The lowest BCUT2D eigenvalue weighted by atomic mass is 9.94. The van der Waals surface area contributed by atoms with Crippen molar-refractivity contribution in [3.05, 3.63) is 12.7 Å². The quantitative estimate of drug-likeness (QED) is 0.534. The molecule has 0 aliphatic rings. The maximum absolute atomic E-state index is 11.5.